The topological polar surface area (TPSA) is 42.0 Å². The lowest BCUT2D eigenvalue weighted by Gasteiger charge is -2.36. The van der Waals surface area contributed by atoms with Gasteiger partial charge in [0.25, 0.3) is 5.91 Å². The molecule has 0 atom stereocenters. The molecule has 1 saturated heterocycles. The van der Waals surface area contributed by atoms with Gasteiger partial charge in [0.15, 0.2) is 6.61 Å². The molecular weight excluding hydrogens is 340 g/mol. The van der Waals surface area contributed by atoms with E-state index in [4.69, 9.17) is 9.47 Å². The highest BCUT2D eigenvalue weighted by molar-refractivity contribution is 5.78. The molecule has 0 aromatic heterocycles. The highest BCUT2D eigenvalue weighted by atomic mass is 16.5. The van der Waals surface area contributed by atoms with Gasteiger partial charge in [-0.3, -0.25) is 4.79 Å². The van der Waals surface area contributed by atoms with Crippen molar-refractivity contribution in [2.45, 2.75) is 19.8 Å². The summed E-state index contributed by atoms with van der Waals surface area (Å²) in [6.45, 7) is 7.34. The van der Waals surface area contributed by atoms with E-state index in [1.807, 2.05) is 35.2 Å². The molecule has 5 nitrogen and oxygen atoms in total. The van der Waals surface area contributed by atoms with Gasteiger partial charge in [0.1, 0.15) is 11.5 Å². The van der Waals surface area contributed by atoms with Gasteiger partial charge in [-0.05, 0) is 35.7 Å². The average Bonchev–Trinajstić information content (AvgIpc) is 2.72. The minimum atomic E-state index is 0.0302. The van der Waals surface area contributed by atoms with Crippen molar-refractivity contribution in [1.29, 1.82) is 0 Å². The lowest BCUT2D eigenvalue weighted by molar-refractivity contribution is -0.133. The minimum absolute atomic E-state index is 0.0302. The molecule has 0 unspecified atom stereocenters. The SMILES string of the molecule is COc1ccccc1N1CCN(C(=O)COc2ccc(C(C)C)cc2)CC1. The van der Waals surface area contributed by atoms with E-state index in [1.54, 1.807) is 7.11 Å². The molecule has 1 heterocycles. The summed E-state index contributed by atoms with van der Waals surface area (Å²) >= 11 is 0. The number of carbonyl (C=O) groups excluding carboxylic acids is 1. The zero-order valence-corrected chi connectivity index (χ0v) is 16.4. The lowest BCUT2D eigenvalue weighted by atomic mass is 10.0. The van der Waals surface area contributed by atoms with Crippen molar-refractivity contribution in [3.05, 3.63) is 54.1 Å². The van der Waals surface area contributed by atoms with Crippen LogP contribution in [0.15, 0.2) is 48.5 Å². The fourth-order valence-corrected chi connectivity index (χ4v) is 3.27. The fourth-order valence-electron chi connectivity index (χ4n) is 3.27. The Morgan fingerprint density at radius 2 is 1.67 bits per heavy atom. The van der Waals surface area contributed by atoms with Crippen molar-refractivity contribution in [2.75, 3.05) is 44.8 Å². The largest absolute Gasteiger partial charge is 0.495 e. The minimum Gasteiger partial charge on any atom is -0.495 e. The first kappa shape index (κ1) is 19.1. The molecule has 144 valence electrons. The maximum atomic E-state index is 12.5. The number of nitrogens with zero attached hydrogens (tertiary/aromatic N) is 2. The number of carbonyl (C=O) groups is 1. The summed E-state index contributed by atoms with van der Waals surface area (Å²) in [4.78, 5) is 16.6. The van der Waals surface area contributed by atoms with Gasteiger partial charge in [-0.2, -0.15) is 0 Å². The summed E-state index contributed by atoms with van der Waals surface area (Å²) < 4.78 is 11.1. The Bertz CT molecular complexity index is 750. The molecule has 0 spiro atoms. The smallest absolute Gasteiger partial charge is 0.260 e. The maximum Gasteiger partial charge on any atom is 0.260 e. The lowest BCUT2D eigenvalue weighted by Crippen LogP contribution is -2.50. The molecule has 0 aliphatic carbocycles. The van der Waals surface area contributed by atoms with Crippen LogP contribution in [0.5, 0.6) is 11.5 Å². The molecule has 1 aliphatic heterocycles. The van der Waals surface area contributed by atoms with Gasteiger partial charge in [0, 0.05) is 26.2 Å². The van der Waals surface area contributed by atoms with Crippen molar-refractivity contribution >= 4 is 11.6 Å². The Kier molecular flexibility index (Phi) is 6.22. The van der Waals surface area contributed by atoms with Crippen molar-refractivity contribution in [3.8, 4) is 11.5 Å². The van der Waals surface area contributed by atoms with Crippen molar-refractivity contribution in [1.82, 2.24) is 4.90 Å². The molecule has 0 radical (unpaired) electrons. The first-order valence-corrected chi connectivity index (χ1v) is 9.47. The monoisotopic (exact) mass is 368 g/mol. The van der Waals surface area contributed by atoms with E-state index in [-0.39, 0.29) is 12.5 Å². The van der Waals surface area contributed by atoms with Crippen molar-refractivity contribution in [3.63, 3.8) is 0 Å². The van der Waals surface area contributed by atoms with Gasteiger partial charge >= 0.3 is 0 Å². The van der Waals surface area contributed by atoms with Gasteiger partial charge in [0.05, 0.1) is 12.8 Å². The molecule has 1 fully saturated rings. The number of ether oxygens (including phenoxy) is 2. The summed E-state index contributed by atoms with van der Waals surface area (Å²) in [5, 5.41) is 0. The van der Waals surface area contributed by atoms with Gasteiger partial charge in [-0.25, -0.2) is 0 Å². The number of anilines is 1. The van der Waals surface area contributed by atoms with Gasteiger partial charge < -0.3 is 19.3 Å². The summed E-state index contributed by atoms with van der Waals surface area (Å²) in [6, 6.07) is 16.0. The third-order valence-corrected chi connectivity index (χ3v) is 4.97. The molecular formula is C22H28N2O3. The van der Waals surface area contributed by atoms with Crippen LogP contribution in [-0.2, 0) is 4.79 Å². The highest BCUT2D eigenvalue weighted by Gasteiger charge is 2.23. The van der Waals surface area contributed by atoms with Crippen LogP contribution in [0.1, 0.15) is 25.3 Å². The van der Waals surface area contributed by atoms with Crippen LogP contribution in [0.3, 0.4) is 0 Å². The summed E-state index contributed by atoms with van der Waals surface area (Å²) in [5.41, 5.74) is 2.34. The molecule has 27 heavy (non-hydrogen) atoms. The second-order valence-electron chi connectivity index (χ2n) is 7.05. The van der Waals surface area contributed by atoms with E-state index in [1.165, 1.54) is 5.56 Å². The summed E-state index contributed by atoms with van der Waals surface area (Å²) in [6.07, 6.45) is 0. The molecule has 1 amide bonds. The fraction of sp³-hybridized carbons (Fsp3) is 0.409. The van der Waals surface area contributed by atoms with Gasteiger partial charge in [0.2, 0.25) is 0 Å². The molecule has 1 aliphatic rings. The Morgan fingerprint density at radius 1 is 1.00 bits per heavy atom. The Hall–Kier alpha value is -2.69. The van der Waals surface area contributed by atoms with E-state index in [2.05, 4.69) is 36.9 Å². The van der Waals surface area contributed by atoms with Crippen molar-refractivity contribution in [2.24, 2.45) is 0 Å². The third kappa shape index (κ3) is 4.73. The normalized spacial score (nSPS) is 14.4. The van der Waals surface area contributed by atoms with E-state index >= 15 is 0 Å². The second kappa shape index (κ2) is 8.80. The number of para-hydroxylation sites is 2. The molecule has 2 aromatic rings. The van der Waals surface area contributed by atoms with Crippen LogP contribution in [0.4, 0.5) is 5.69 Å². The number of benzene rings is 2. The number of hydrogen-bond acceptors (Lipinski definition) is 4. The Morgan fingerprint density at radius 3 is 2.30 bits per heavy atom. The maximum absolute atomic E-state index is 12.5. The third-order valence-electron chi connectivity index (χ3n) is 4.97. The van der Waals surface area contributed by atoms with Crippen molar-refractivity contribution < 1.29 is 14.3 Å². The van der Waals surface area contributed by atoms with E-state index in [9.17, 15) is 4.79 Å². The van der Waals surface area contributed by atoms with Crippen LogP contribution in [0.25, 0.3) is 0 Å². The standard InChI is InChI=1S/C22H28N2O3/c1-17(2)18-8-10-19(11-9-18)27-16-22(25)24-14-12-23(13-15-24)20-6-4-5-7-21(20)26-3/h4-11,17H,12-16H2,1-3H3. The van der Waals surface area contributed by atoms with E-state index < -0.39 is 0 Å². The predicted molar refractivity (Wildman–Crippen MR) is 108 cm³/mol. The van der Waals surface area contributed by atoms with Crippen LogP contribution in [0, 0.1) is 0 Å². The Labute approximate surface area is 161 Å². The molecule has 3 rings (SSSR count). The zero-order chi connectivity index (χ0) is 19.2. The molecule has 0 bridgehead atoms. The number of piperazine rings is 1. The Balaban J connectivity index is 1.50. The number of amides is 1. The average molecular weight is 368 g/mol. The molecule has 0 saturated carbocycles. The quantitative estimate of drug-likeness (QED) is 0.782. The summed E-state index contributed by atoms with van der Waals surface area (Å²) in [5.74, 6) is 2.12. The van der Waals surface area contributed by atoms with E-state index in [0.29, 0.717) is 19.0 Å². The van der Waals surface area contributed by atoms with Crippen LogP contribution < -0.4 is 14.4 Å². The zero-order valence-electron chi connectivity index (χ0n) is 16.4. The number of methoxy groups -OCH3 is 1. The van der Waals surface area contributed by atoms with Gasteiger partial charge in [-0.15, -0.1) is 0 Å². The predicted octanol–water partition coefficient (Wildman–Crippen LogP) is 3.55. The highest BCUT2D eigenvalue weighted by Crippen LogP contribution is 2.28. The first-order valence-electron chi connectivity index (χ1n) is 9.47. The van der Waals surface area contributed by atoms with Crippen LogP contribution >= 0.6 is 0 Å². The van der Waals surface area contributed by atoms with Crippen LogP contribution in [-0.4, -0.2) is 50.7 Å². The van der Waals surface area contributed by atoms with Crippen LogP contribution in [0.2, 0.25) is 0 Å². The molecule has 0 N–H and O–H groups in total. The molecule has 2 aromatic carbocycles. The van der Waals surface area contributed by atoms with Gasteiger partial charge in [-0.1, -0.05) is 38.1 Å². The molecule has 5 heteroatoms. The first-order chi connectivity index (χ1) is 13.1. The second-order valence-corrected chi connectivity index (χ2v) is 7.05. The number of rotatable bonds is 6. The van der Waals surface area contributed by atoms with E-state index in [0.717, 1.165) is 30.3 Å². The number of hydrogen-bond donors (Lipinski definition) is 0. The summed E-state index contributed by atoms with van der Waals surface area (Å²) in [7, 11) is 1.68.